The molecule has 15 rings (SSSR count). The second-order valence-electron chi connectivity index (χ2n) is 18.1. The van der Waals surface area contributed by atoms with Gasteiger partial charge in [-0.25, -0.2) is 9.98 Å². The summed E-state index contributed by atoms with van der Waals surface area (Å²) in [5, 5.41) is 18.7. The highest BCUT2D eigenvalue weighted by molar-refractivity contribution is 7.26. The van der Waals surface area contributed by atoms with Gasteiger partial charge in [-0.15, -0.1) is 11.3 Å². The van der Waals surface area contributed by atoms with Gasteiger partial charge < -0.3 is 14.5 Å². The van der Waals surface area contributed by atoms with E-state index in [1.54, 1.807) is 0 Å². The van der Waals surface area contributed by atoms with Gasteiger partial charge in [-0.3, -0.25) is 0 Å². The number of fused-ring (bicyclic) bond motifs is 14. The largest absolute Gasteiger partial charge is 0.344 e. The van der Waals surface area contributed by atoms with E-state index in [1.165, 1.54) is 79.6 Å². The summed E-state index contributed by atoms with van der Waals surface area (Å²) >= 11 is 1.85. The van der Waals surface area contributed by atoms with Crippen LogP contribution in [0.5, 0.6) is 0 Å². The lowest BCUT2D eigenvalue weighted by Crippen LogP contribution is -2.34. The van der Waals surface area contributed by atoms with E-state index < -0.39 is 6.17 Å². The molecule has 4 heterocycles. The van der Waals surface area contributed by atoms with Crippen molar-refractivity contribution in [1.82, 2.24) is 14.5 Å². The van der Waals surface area contributed by atoms with Crippen molar-refractivity contribution in [2.45, 2.75) is 6.17 Å². The number of benzene rings is 11. The van der Waals surface area contributed by atoms with Gasteiger partial charge in [0.1, 0.15) is 12.0 Å². The first-order valence-electron chi connectivity index (χ1n) is 23.5. The van der Waals surface area contributed by atoms with Gasteiger partial charge in [-0.1, -0.05) is 152 Å². The Kier molecular flexibility index (Phi) is 8.23. The van der Waals surface area contributed by atoms with Crippen LogP contribution >= 0.6 is 11.3 Å². The van der Waals surface area contributed by atoms with Crippen molar-refractivity contribution >= 4 is 119 Å². The van der Waals surface area contributed by atoms with Crippen LogP contribution in [0.4, 0.5) is 0 Å². The first kappa shape index (κ1) is 38.3. The predicted octanol–water partition coefficient (Wildman–Crippen LogP) is 16.2. The molecule has 0 bridgehead atoms. The SMILES string of the molecule is c1ccc(C2=NC(c3cc4sc5ccc6ccccc6c5c4cc3-n3c4cc5ccccc5cc4c4c5ccccc5ccc43)NC(c3ccc4c(c3)c3ccccc3n4-c3ccccc3)=N2)cc1. The number of hydrogen-bond donors (Lipinski definition) is 1. The summed E-state index contributed by atoms with van der Waals surface area (Å²) in [5.41, 5.74) is 9.87. The van der Waals surface area contributed by atoms with Gasteiger partial charge in [0.2, 0.25) is 0 Å². The Morgan fingerprint density at radius 3 is 1.83 bits per heavy atom. The van der Waals surface area contributed by atoms with Crippen molar-refractivity contribution < 1.29 is 0 Å². The van der Waals surface area contributed by atoms with Gasteiger partial charge >= 0.3 is 0 Å². The van der Waals surface area contributed by atoms with Crippen LogP contribution in [-0.4, -0.2) is 20.8 Å². The first-order chi connectivity index (χ1) is 34.2. The summed E-state index contributed by atoms with van der Waals surface area (Å²) in [6, 6.07) is 81.6. The zero-order chi connectivity index (χ0) is 45.2. The Morgan fingerprint density at radius 1 is 0.391 bits per heavy atom. The second kappa shape index (κ2) is 14.8. The summed E-state index contributed by atoms with van der Waals surface area (Å²) in [6.07, 6.45) is -0.496. The first-order valence-corrected chi connectivity index (χ1v) is 24.3. The molecule has 1 aliphatic heterocycles. The van der Waals surface area contributed by atoms with E-state index in [4.69, 9.17) is 9.98 Å². The average molecular weight is 898 g/mol. The predicted molar refractivity (Wildman–Crippen MR) is 292 cm³/mol. The monoisotopic (exact) mass is 897 g/mol. The molecule has 1 atom stereocenters. The number of hydrogen-bond acceptors (Lipinski definition) is 4. The highest BCUT2D eigenvalue weighted by Gasteiger charge is 2.28. The Labute approximate surface area is 400 Å². The number of nitrogens with one attached hydrogen (secondary N) is 1. The zero-order valence-electron chi connectivity index (χ0n) is 37.1. The minimum absolute atomic E-state index is 0.496. The molecule has 322 valence electrons. The van der Waals surface area contributed by atoms with E-state index in [2.05, 4.69) is 239 Å². The zero-order valence-corrected chi connectivity index (χ0v) is 38.0. The fraction of sp³-hybridized carbons (Fsp3) is 0.0159. The molecule has 11 aromatic carbocycles. The lowest BCUT2D eigenvalue weighted by molar-refractivity contribution is 0.672. The highest BCUT2D eigenvalue weighted by atomic mass is 32.1. The minimum Gasteiger partial charge on any atom is -0.344 e. The maximum Gasteiger partial charge on any atom is 0.159 e. The van der Waals surface area contributed by atoms with Crippen LogP contribution in [0.15, 0.2) is 234 Å². The Balaban J connectivity index is 1.01. The third-order valence-electron chi connectivity index (χ3n) is 14.3. The number of thiophene rings is 1. The summed E-state index contributed by atoms with van der Waals surface area (Å²) in [6.45, 7) is 0. The fourth-order valence-corrected chi connectivity index (χ4v) is 12.3. The Bertz CT molecular complexity index is 4520. The molecular weight excluding hydrogens is 859 g/mol. The molecule has 69 heavy (non-hydrogen) atoms. The molecule has 5 nitrogen and oxygen atoms in total. The van der Waals surface area contributed by atoms with Gasteiger partial charge in [0.25, 0.3) is 0 Å². The maximum absolute atomic E-state index is 5.60. The smallest absolute Gasteiger partial charge is 0.159 e. The Hall–Kier alpha value is -8.84. The normalized spacial score (nSPS) is 14.2. The lowest BCUT2D eigenvalue weighted by Gasteiger charge is -2.26. The van der Waals surface area contributed by atoms with Crippen LogP contribution in [-0.2, 0) is 0 Å². The van der Waals surface area contributed by atoms with Crippen LogP contribution in [0, 0.1) is 0 Å². The van der Waals surface area contributed by atoms with Crippen molar-refractivity contribution in [1.29, 1.82) is 0 Å². The summed E-state index contributed by atoms with van der Waals surface area (Å²) in [4.78, 5) is 11.0. The van der Waals surface area contributed by atoms with E-state index in [1.807, 2.05) is 11.3 Å². The van der Waals surface area contributed by atoms with Gasteiger partial charge in [-0.2, -0.15) is 0 Å². The van der Waals surface area contributed by atoms with E-state index in [0.717, 1.165) is 50.5 Å². The maximum atomic E-state index is 5.60. The van der Waals surface area contributed by atoms with Gasteiger partial charge in [0.05, 0.1) is 27.8 Å². The van der Waals surface area contributed by atoms with Crippen LogP contribution in [0.2, 0.25) is 0 Å². The molecule has 0 aliphatic carbocycles. The molecule has 1 unspecified atom stereocenters. The topological polar surface area (TPSA) is 46.6 Å². The third kappa shape index (κ3) is 5.83. The van der Waals surface area contributed by atoms with Gasteiger partial charge in [0.15, 0.2) is 5.84 Å². The van der Waals surface area contributed by atoms with Crippen LogP contribution in [0.25, 0.3) is 107 Å². The summed E-state index contributed by atoms with van der Waals surface area (Å²) in [5.74, 6) is 1.47. The molecule has 0 amide bonds. The molecule has 0 saturated carbocycles. The van der Waals surface area contributed by atoms with Crippen LogP contribution < -0.4 is 5.32 Å². The van der Waals surface area contributed by atoms with E-state index in [9.17, 15) is 0 Å². The summed E-state index contributed by atoms with van der Waals surface area (Å²) < 4.78 is 7.36. The van der Waals surface area contributed by atoms with Gasteiger partial charge in [-0.05, 0) is 105 Å². The standard InChI is InChI=1S/C63H39N5S/c1-3-17-40(18-4-1)61-64-62(43-28-30-53-48(34-43)47-25-13-14-26-52(47)67(53)44-21-5-2-6-22-44)66-63(65-61)50-37-58-51(60-46-24-12-10-16-39(46)29-32-57(60)69-58)36-56(50)68-54-31-27-38-15-9-11-23-45(38)59(54)49-33-41-19-7-8-20-42(41)35-55(49)68/h1-37,63H,(H,64,65,66). The molecule has 1 N–H and O–H groups in total. The number of nitrogens with zero attached hydrogens (tertiary/aromatic N) is 4. The lowest BCUT2D eigenvalue weighted by atomic mass is 10.0. The van der Waals surface area contributed by atoms with Crippen molar-refractivity contribution in [3.8, 4) is 11.4 Å². The van der Waals surface area contributed by atoms with E-state index >= 15 is 0 Å². The van der Waals surface area contributed by atoms with Gasteiger partial charge in [0, 0.05) is 64.1 Å². The van der Waals surface area contributed by atoms with Crippen LogP contribution in [0.3, 0.4) is 0 Å². The molecule has 1 aliphatic rings. The second-order valence-corrected chi connectivity index (χ2v) is 19.2. The molecule has 0 radical (unpaired) electrons. The average Bonchev–Trinajstić information content (AvgIpc) is 4.07. The molecule has 0 fully saturated rings. The molecule has 0 spiro atoms. The molecule has 0 saturated heterocycles. The minimum atomic E-state index is -0.496. The third-order valence-corrected chi connectivity index (χ3v) is 15.4. The molecule has 6 heteroatoms. The quantitative estimate of drug-likeness (QED) is 0.184. The van der Waals surface area contributed by atoms with Crippen molar-refractivity contribution in [3.63, 3.8) is 0 Å². The number of aliphatic imine (C=N–C) groups is 2. The number of para-hydroxylation sites is 2. The highest BCUT2D eigenvalue weighted by Crippen LogP contribution is 2.46. The molecular formula is C63H39N5S. The molecule has 14 aromatic rings. The van der Waals surface area contributed by atoms with Crippen molar-refractivity contribution in [2.24, 2.45) is 9.98 Å². The fourth-order valence-electron chi connectivity index (χ4n) is 11.2. The number of amidine groups is 2. The van der Waals surface area contributed by atoms with Crippen molar-refractivity contribution in [2.75, 3.05) is 0 Å². The Morgan fingerprint density at radius 2 is 1.03 bits per heavy atom. The van der Waals surface area contributed by atoms with Crippen molar-refractivity contribution in [3.05, 3.63) is 241 Å². The molecule has 3 aromatic heterocycles. The number of aromatic nitrogens is 2. The number of rotatable bonds is 5. The van der Waals surface area contributed by atoms with E-state index in [0.29, 0.717) is 5.84 Å². The van der Waals surface area contributed by atoms with Crippen LogP contribution in [0.1, 0.15) is 22.9 Å². The van der Waals surface area contributed by atoms with E-state index in [-0.39, 0.29) is 0 Å². The summed E-state index contributed by atoms with van der Waals surface area (Å²) in [7, 11) is 0.